The lowest BCUT2D eigenvalue weighted by atomic mass is 10.5. The van der Waals surface area contributed by atoms with Crippen molar-refractivity contribution in [2.75, 3.05) is 7.11 Å². The summed E-state index contributed by atoms with van der Waals surface area (Å²) < 4.78 is 7.91. The average molecular weight is 252 g/mol. The number of hydrogen-bond acceptors (Lipinski definition) is 2. The van der Waals surface area contributed by atoms with Crippen LogP contribution in [0.25, 0.3) is 0 Å². The van der Waals surface area contributed by atoms with Crippen LogP contribution in [0.3, 0.4) is 0 Å². The topological polar surface area (TPSA) is 27.1 Å². The molecule has 0 spiro atoms. The molecular formula is C6H9IN2O. The molecule has 0 aliphatic carbocycles. The second-order valence-corrected chi connectivity index (χ2v) is 3.11. The van der Waals surface area contributed by atoms with Crippen molar-refractivity contribution in [2.24, 2.45) is 7.05 Å². The van der Waals surface area contributed by atoms with Gasteiger partial charge in [-0.3, -0.25) is 0 Å². The number of nitrogens with zero attached hydrogens (tertiary/aromatic N) is 2. The van der Waals surface area contributed by atoms with E-state index in [1.807, 2.05) is 14.0 Å². The molecule has 4 heteroatoms. The fourth-order valence-corrected chi connectivity index (χ4v) is 1.51. The Hall–Kier alpha value is -0.260. The van der Waals surface area contributed by atoms with Crippen molar-refractivity contribution in [3.8, 4) is 5.88 Å². The third-order valence-corrected chi connectivity index (χ3v) is 2.53. The van der Waals surface area contributed by atoms with Gasteiger partial charge in [-0.25, -0.2) is 4.68 Å². The van der Waals surface area contributed by atoms with Crippen molar-refractivity contribution in [3.05, 3.63) is 9.26 Å². The zero-order chi connectivity index (χ0) is 7.72. The molecule has 3 nitrogen and oxygen atoms in total. The standard InChI is InChI=1S/C6H9IN2O/c1-4-5(7)6(10-3)9(2)8-4/h1-3H3. The molecule has 56 valence electrons. The third kappa shape index (κ3) is 1.12. The largest absolute Gasteiger partial charge is 0.480 e. The van der Waals surface area contributed by atoms with E-state index in [9.17, 15) is 0 Å². The van der Waals surface area contributed by atoms with Gasteiger partial charge in [0.15, 0.2) is 0 Å². The van der Waals surface area contributed by atoms with Gasteiger partial charge in [0.25, 0.3) is 0 Å². The van der Waals surface area contributed by atoms with Gasteiger partial charge in [-0.1, -0.05) is 0 Å². The van der Waals surface area contributed by atoms with Crippen LogP contribution in [-0.2, 0) is 7.05 Å². The Morgan fingerprint density at radius 1 is 1.60 bits per heavy atom. The first-order valence-electron chi connectivity index (χ1n) is 2.90. The van der Waals surface area contributed by atoms with Crippen molar-refractivity contribution < 1.29 is 4.74 Å². The summed E-state index contributed by atoms with van der Waals surface area (Å²) in [6, 6.07) is 0. The molecule has 1 aromatic heterocycles. The third-order valence-electron chi connectivity index (χ3n) is 1.29. The number of hydrogen-bond donors (Lipinski definition) is 0. The summed E-state index contributed by atoms with van der Waals surface area (Å²) in [7, 11) is 3.52. The zero-order valence-electron chi connectivity index (χ0n) is 6.18. The Morgan fingerprint density at radius 2 is 2.20 bits per heavy atom. The van der Waals surface area contributed by atoms with Crippen molar-refractivity contribution in [1.29, 1.82) is 0 Å². The van der Waals surface area contributed by atoms with E-state index >= 15 is 0 Å². The quantitative estimate of drug-likeness (QED) is 0.705. The second kappa shape index (κ2) is 2.77. The molecule has 0 saturated carbocycles. The first-order valence-corrected chi connectivity index (χ1v) is 3.97. The minimum absolute atomic E-state index is 0.832. The Balaban J connectivity index is 3.20. The molecule has 0 amide bonds. The Kier molecular flexibility index (Phi) is 2.18. The summed E-state index contributed by atoms with van der Waals surface area (Å²) >= 11 is 2.22. The molecule has 1 rings (SSSR count). The maximum absolute atomic E-state index is 5.09. The molecular weight excluding hydrogens is 243 g/mol. The van der Waals surface area contributed by atoms with Crippen LogP contribution >= 0.6 is 22.6 Å². The number of aromatic nitrogens is 2. The minimum atomic E-state index is 0.832. The van der Waals surface area contributed by atoms with Gasteiger partial charge in [-0.15, -0.1) is 0 Å². The van der Waals surface area contributed by atoms with E-state index in [0.29, 0.717) is 0 Å². The van der Waals surface area contributed by atoms with Crippen LogP contribution in [0.15, 0.2) is 0 Å². The molecule has 0 aromatic carbocycles. The fraction of sp³-hybridized carbons (Fsp3) is 0.500. The highest BCUT2D eigenvalue weighted by molar-refractivity contribution is 14.1. The van der Waals surface area contributed by atoms with Crippen LogP contribution in [0.5, 0.6) is 5.88 Å². The van der Waals surface area contributed by atoms with E-state index in [2.05, 4.69) is 27.7 Å². The van der Waals surface area contributed by atoms with Crippen LogP contribution in [0, 0.1) is 10.5 Å². The molecule has 1 heterocycles. The van der Waals surface area contributed by atoms with Crippen LogP contribution in [-0.4, -0.2) is 16.9 Å². The van der Waals surface area contributed by atoms with Crippen molar-refractivity contribution in [2.45, 2.75) is 6.92 Å². The van der Waals surface area contributed by atoms with Gasteiger partial charge in [-0.05, 0) is 29.5 Å². The van der Waals surface area contributed by atoms with Crippen molar-refractivity contribution >= 4 is 22.6 Å². The first-order chi connectivity index (χ1) is 4.66. The maximum Gasteiger partial charge on any atom is 0.225 e. The van der Waals surface area contributed by atoms with Crippen LogP contribution < -0.4 is 4.74 Å². The smallest absolute Gasteiger partial charge is 0.225 e. The van der Waals surface area contributed by atoms with E-state index in [-0.39, 0.29) is 0 Å². The highest BCUT2D eigenvalue weighted by atomic mass is 127. The molecule has 0 aliphatic rings. The van der Waals surface area contributed by atoms with Gasteiger partial charge in [0.05, 0.1) is 16.4 Å². The average Bonchev–Trinajstić information content (AvgIpc) is 2.09. The van der Waals surface area contributed by atoms with E-state index in [4.69, 9.17) is 4.74 Å². The van der Waals surface area contributed by atoms with E-state index in [0.717, 1.165) is 15.1 Å². The van der Waals surface area contributed by atoms with Crippen molar-refractivity contribution in [1.82, 2.24) is 9.78 Å². The molecule has 0 bridgehead atoms. The number of aryl methyl sites for hydroxylation is 2. The molecule has 0 unspecified atom stereocenters. The summed E-state index contributed by atoms with van der Waals surface area (Å²) in [6.45, 7) is 1.96. The minimum Gasteiger partial charge on any atom is -0.480 e. The predicted molar refractivity (Wildman–Crippen MR) is 47.2 cm³/mol. The molecule has 0 N–H and O–H groups in total. The maximum atomic E-state index is 5.09. The fourth-order valence-electron chi connectivity index (χ4n) is 0.833. The Bertz CT molecular complexity index is 244. The van der Waals surface area contributed by atoms with E-state index < -0.39 is 0 Å². The van der Waals surface area contributed by atoms with Gasteiger partial charge in [0.2, 0.25) is 5.88 Å². The van der Waals surface area contributed by atoms with Gasteiger partial charge >= 0.3 is 0 Å². The zero-order valence-corrected chi connectivity index (χ0v) is 8.34. The van der Waals surface area contributed by atoms with Crippen molar-refractivity contribution in [3.63, 3.8) is 0 Å². The number of rotatable bonds is 1. The molecule has 10 heavy (non-hydrogen) atoms. The van der Waals surface area contributed by atoms with Gasteiger partial charge in [-0.2, -0.15) is 5.10 Å². The number of methoxy groups -OCH3 is 1. The highest BCUT2D eigenvalue weighted by Crippen LogP contribution is 2.21. The summed E-state index contributed by atoms with van der Waals surface area (Å²) in [5.74, 6) is 0.832. The van der Waals surface area contributed by atoms with E-state index in [1.165, 1.54) is 0 Å². The summed E-state index contributed by atoms with van der Waals surface area (Å²) in [6.07, 6.45) is 0. The molecule has 1 aromatic rings. The molecule has 0 radical (unpaired) electrons. The number of ether oxygens (including phenoxy) is 1. The van der Waals surface area contributed by atoms with Gasteiger partial charge < -0.3 is 4.74 Å². The number of halogens is 1. The van der Waals surface area contributed by atoms with Crippen LogP contribution in [0.2, 0.25) is 0 Å². The Labute approximate surface area is 73.5 Å². The molecule has 0 saturated heterocycles. The summed E-state index contributed by atoms with van der Waals surface area (Å²) in [5, 5.41) is 4.17. The van der Waals surface area contributed by atoms with Crippen LogP contribution in [0.4, 0.5) is 0 Å². The first kappa shape index (κ1) is 7.84. The SMILES string of the molecule is COc1c(I)c(C)nn1C. The van der Waals surface area contributed by atoms with Gasteiger partial charge in [0, 0.05) is 7.05 Å². The Morgan fingerprint density at radius 3 is 2.40 bits per heavy atom. The molecule has 0 fully saturated rings. The predicted octanol–water partition coefficient (Wildman–Crippen LogP) is 1.34. The lowest BCUT2D eigenvalue weighted by Crippen LogP contribution is -1.95. The lowest BCUT2D eigenvalue weighted by Gasteiger charge is -1.97. The summed E-state index contributed by atoms with van der Waals surface area (Å²) in [4.78, 5) is 0. The normalized spacial score (nSPS) is 10.0. The van der Waals surface area contributed by atoms with Crippen LogP contribution in [0.1, 0.15) is 5.69 Å². The molecule has 0 aliphatic heterocycles. The lowest BCUT2D eigenvalue weighted by molar-refractivity contribution is 0.371. The van der Waals surface area contributed by atoms with E-state index in [1.54, 1.807) is 11.8 Å². The highest BCUT2D eigenvalue weighted by Gasteiger charge is 2.08. The summed E-state index contributed by atoms with van der Waals surface area (Å²) in [5.41, 5.74) is 1.01. The monoisotopic (exact) mass is 252 g/mol. The molecule has 0 atom stereocenters. The second-order valence-electron chi connectivity index (χ2n) is 2.03. The van der Waals surface area contributed by atoms with Gasteiger partial charge in [0.1, 0.15) is 0 Å².